The highest BCUT2D eigenvalue weighted by atomic mass is 32.2. The van der Waals surface area contributed by atoms with E-state index in [1.807, 2.05) is 6.92 Å². The number of rotatable bonds is 5. The highest BCUT2D eigenvalue weighted by molar-refractivity contribution is 7.99. The summed E-state index contributed by atoms with van der Waals surface area (Å²) >= 11 is 1.56. The average Bonchev–Trinajstić information content (AvgIpc) is 2.59. The van der Waals surface area contributed by atoms with Gasteiger partial charge in [0.25, 0.3) is 0 Å². The van der Waals surface area contributed by atoms with E-state index in [1.165, 1.54) is 0 Å². The lowest BCUT2D eigenvalue weighted by Crippen LogP contribution is -2.23. The molecular weight excluding hydrogens is 198 g/mol. The molecule has 0 radical (unpaired) electrons. The van der Waals surface area contributed by atoms with Gasteiger partial charge in [0.1, 0.15) is 5.82 Å². The first kappa shape index (κ1) is 11.0. The van der Waals surface area contributed by atoms with E-state index in [4.69, 9.17) is 5.26 Å². The van der Waals surface area contributed by atoms with E-state index in [2.05, 4.69) is 26.6 Å². The third kappa shape index (κ3) is 3.36. The molecule has 1 rings (SSSR count). The molecule has 1 atom stereocenters. The van der Waals surface area contributed by atoms with Crippen LogP contribution in [0.5, 0.6) is 0 Å². The zero-order valence-electron chi connectivity index (χ0n) is 8.24. The molecule has 0 saturated heterocycles. The minimum atomic E-state index is -0.0810. The number of nitrogens with zero attached hydrogens (tertiary/aromatic N) is 3. The van der Waals surface area contributed by atoms with Crippen LogP contribution in [-0.4, -0.2) is 34.0 Å². The Morgan fingerprint density at radius 2 is 2.50 bits per heavy atom. The van der Waals surface area contributed by atoms with Crippen molar-refractivity contribution in [3.63, 3.8) is 0 Å². The van der Waals surface area contributed by atoms with Crippen molar-refractivity contribution in [1.29, 1.82) is 5.26 Å². The molecule has 0 aliphatic rings. The summed E-state index contributed by atoms with van der Waals surface area (Å²) in [5.74, 6) is 1.66. The molecule has 6 heteroatoms. The molecule has 14 heavy (non-hydrogen) atoms. The monoisotopic (exact) mass is 211 g/mol. The lowest BCUT2D eigenvalue weighted by atomic mass is 10.3. The second-order valence-electron chi connectivity index (χ2n) is 2.81. The van der Waals surface area contributed by atoms with Crippen molar-refractivity contribution in [2.24, 2.45) is 0 Å². The zero-order valence-corrected chi connectivity index (χ0v) is 9.06. The first-order valence-corrected chi connectivity index (χ1v) is 5.33. The van der Waals surface area contributed by atoms with E-state index in [1.54, 1.807) is 18.8 Å². The molecule has 0 saturated carbocycles. The maximum Gasteiger partial charge on any atom is 0.208 e. The second-order valence-corrected chi connectivity index (χ2v) is 3.87. The van der Waals surface area contributed by atoms with Crippen LogP contribution in [0.25, 0.3) is 0 Å². The Bertz CT molecular complexity index is 316. The minimum absolute atomic E-state index is 0.0810. The van der Waals surface area contributed by atoms with Gasteiger partial charge in [-0.1, -0.05) is 11.8 Å². The van der Waals surface area contributed by atoms with Crippen LogP contribution in [-0.2, 0) is 0 Å². The number of aryl methyl sites for hydroxylation is 1. The molecule has 0 fully saturated rings. The average molecular weight is 211 g/mol. The second kappa shape index (κ2) is 5.62. The van der Waals surface area contributed by atoms with Gasteiger partial charge in [-0.15, -0.1) is 5.10 Å². The van der Waals surface area contributed by atoms with Gasteiger partial charge in [-0.05, 0) is 20.4 Å². The summed E-state index contributed by atoms with van der Waals surface area (Å²) in [5.41, 5.74) is 0. The number of H-pyrrole nitrogens is 1. The maximum atomic E-state index is 8.67. The van der Waals surface area contributed by atoms with Crippen LogP contribution >= 0.6 is 11.8 Å². The van der Waals surface area contributed by atoms with Crippen LogP contribution in [0.3, 0.4) is 0 Å². The van der Waals surface area contributed by atoms with Gasteiger partial charge in [0, 0.05) is 5.75 Å². The van der Waals surface area contributed by atoms with Crippen molar-refractivity contribution in [3.8, 4) is 6.07 Å². The first-order chi connectivity index (χ1) is 6.76. The summed E-state index contributed by atoms with van der Waals surface area (Å²) in [7, 11) is 1.79. The highest BCUT2D eigenvalue weighted by Crippen LogP contribution is 2.13. The van der Waals surface area contributed by atoms with Crippen LogP contribution in [0, 0.1) is 18.3 Å². The Morgan fingerprint density at radius 1 is 1.71 bits per heavy atom. The Labute approximate surface area is 87.3 Å². The zero-order chi connectivity index (χ0) is 10.4. The summed E-state index contributed by atoms with van der Waals surface area (Å²) < 4.78 is 0. The van der Waals surface area contributed by atoms with Crippen molar-refractivity contribution in [1.82, 2.24) is 20.5 Å². The van der Waals surface area contributed by atoms with E-state index < -0.39 is 0 Å². The SMILES string of the molecule is CNC(C#N)CCSc1n[nH]c(C)n1. The molecule has 2 N–H and O–H groups in total. The van der Waals surface area contributed by atoms with Crippen molar-refractivity contribution in [2.75, 3.05) is 12.8 Å². The summed E-state index contributed by atoms with van der Waals surface area (Å²) in [6, 6.07) is 2.09. The Hall–Kier alpha value is -1.06. The molecule has 0 bridgehead atoms. The molecule has 1 heterocycles. The molecule has 0 amide bonds. The Morgan fingerprint density at radius 3 is 3.00 bits per heavy atom. The number of hydrogen-bond donors (Lipinski definition) is 2. The number of aromatic nitrogens is 3. The molecular formula is C8H13N5S. The van der Waals surface area contributed by atoms with Gasteiger partial charge in [-0.3, -0.25) is 5.10 Å². The van der Waals surface area contributed by atoms with Crippen molar-refractivity contribution >= 4 is 11.8 Å². The van der Waals surface area contributed by atoms with Gasteiger partial charge in [0.2, 0.25) is 5.16 Å². The molecule has 0 aliphatic heterocycles. The van der Waals surface area contributed by atoms with Crippen molar-refractivity contribution < 1.29 is 0 Å². The lowest BCUT2D eigenvalue weighted by molar-refractivity contribution is 0.663. The number of nitriles is 1. The largest absolute Gasteiger partial charge is 0.305 e. The van der Waals surface area contributed by atoms with Crippen LogP contribution in [0.15, 0.2) is 5.16 Å². The van der Waals surface area contributed by atoms with Gasteiger partial charge >= 0.3 is 0 Å². The van der Waals surface area contributed by atoms with E-state index in [0.717, 1.165) is 23.2 Å². The predicted molar refractivity (Wildman–Crippen MR) is 54.9 cm³/mol. The molecule has 0 aliphatic carbocycles. The van der Waals surface area contributed by atoms with Crippen LogP contribution in [0.2, 0.25) is 0 Å². The summed E-state index contributed by atoms with van der Waals surface area (Å²) in [4.78, 5) is 4.15. The molecule has 0 aromatic carbocycles. The Balaban J connectivity index is 2.25. The highest BCUT2D eigenvalue weighted by Gasteiger charge is 2.05. The fraction of sp³-hybridized carbons (Fsp3) is 0.625. The smallest absolute Gasteiger partial charge is 0.208 e. The Kier molecular flexibility index (Phi) is 4.43. The molecule has 1 unspecified atom stereocenters. The maximum absolute atomic E-state index is 8.67. The third-order valence-corrected chi connectivity index (χ3v) is 2.60. The molecule has 76 valence electrons. The van der Waals surface area contributed by atoms with Gasteiger partial charge in [0.05, 0.1) is 12.1 Å². The summed E-state index contributed by atoms with van der Waals surface area (Å²) in [5, 5.41) is 19.1. The molecule has 1 aromatic rings. The summed E-state index contributed by atoms with van der Waals surface area (Å²) in [6.07, 6.45) is 0.797. The van der Waals surface area contributed by atoms with Crippen LogP contribution in [0.4, 0.5) is 0 Å². The van der Waals surface area contributed by atoms with Gasteiger partial charge < -0.3 is 5.32 Å². The van der Waals surface area contributed by atoms with Gasteiger partial charge in [0.15, 0.2) is 0 Å². The quantitative estimate of drug-likeness (QED) is 0.701. The topological polar surface area (TPSA) is 77.4 Å². The number of nitrogens with one attached hydrogen (secondary N) is 2. The van der Waals surface area contributed by atoms with Crippen LogP contribution in [0.1, 0.15) is 12.2 Å². The van der Waals surface area contributed by atoms with Crippen molar-refractivity contribution in [3.05, 3.63) is 5.82 Å². The fourth-order valence-electron chi connectivity index (χ4n) is 0.928. The van der Waals surface area contributed by atoms with Gasteiger partial charge in [-0.2, -0.15) is 5.26 Å². The van der Waals surface area contributed by atoms with E-state index in [0.29, 0.717) is 0 Å². The predicted octanol–water partition coefficient (Wildman–Crippen LogP) is 0.707. The van der Waals surface area contributed by atoms with E-state index in [-0.39, 0.29) is 6.04 Å². The number of aromatic amines is 1. The molecule has 0 spiro atoms. The first-order valence-electron chi connectivity index (χ1n) is 4.35. The van der Waals surface area contributed by atoms with E-state index in [9.17, 15) is 0 Å². The molecule has 5 nitrogen and oxygen atoms in total. The van der Waals surface area contributed by atoms with Crippen molar-refractivity contribution in [2.45, 2.75) is 24.5 Å². The standard InChI is InChI=1S/C8H13N5S/c1-6-11-8(13-12-6)14-4-3-7(5-9)10-2/h7,10H,3-4H2,1-2H3,(H,11,12,13). The fourth-order valence-corrected chi connectivity index (χ4v) is 1.78. The molecule has 1 aromatic heterocycles. The number of hydrogen-bond acceptors (Lipinski definition) is 5. The summed E-state index contributed by atoms with van der Waals surface area (Å²) in [6.45, 7) is 1.86. The third-order valence-electron chi connectivity index (χ3n) is 1.72. The minimum Gasteiger partial charge on any atom is -0.305 e. The number of thioether (sulfide) groups is 1. The van der Waals surface area contributed by atoms with Crippen LogP contribution < -0.4 is 5.32 Å². The van der Waals surface area contributed by atoms with Gasteiger partial charge in [-0.25, -0.2) is 4.98 Å². The lowest BCUT2D eigenvalue weighted by Gasteiger charge is -2.04. The normalized spacial score (nSPS) is 12.4. The van der Waals surface area contributed by atoms with E-state index >= 15 is 0 Å².